The first kappa shape index (κ1) is 53.7. The number of rotatable bonds is 32. The Kier molecular flexibility index (Phi) is 27.6. The largest absolute Gasteiger partial charge is 0.481 e. The Morgan fingerprint density at radius 3 is 1.17 bits per heavy atom. The van der Waals surface area contributed by atoms with E-state index in [1.165, 1.54) is 6.92 Å². The van der Waals surface area contributed by atoms with Crippen molar-refractivity contribution in [3.05, 3.63) is 25.3 Å². The van der Waals surface area contributed by atoms with Crippen LogP contribution in [0.25, 0.3) is 0 Å². The van der Waals surface area contributed by atoms with Crippen molar-refractivity contribution in [2.45, 2.75) is 150 Å². The third-order valence-corrected chi connectivity index (χ3v) is 8.95. The molecular weight excluding hydrogens is 748 g/mol. The van der Waals surface area contributed by atoms with Gasteiger partial charge < -0.3 is 46.5 Å². The van der Waals surface area contributed by atoms with Gasteiger partial charge in [-0.05, 0) is 36.5 Å². The van der Waals surface area contributed by atoms with Crippen molar-refractivity contribution < 1.29 is 48.1 Å². The van der Waals surface area contributed by atoms with Crippen LogP contribution < -0.4 is 31.9 Å². The summed E-state index contributed by atoms with van der Waals surface area (Å²) in [5, 5.41) is 26.5. The van der Waals surface area contributed by atoms with Crippen LogP contribution in [0.15, 0.2) is 25.3 Å². The van der Waals surface area contributed by atoms with Gasteiger partial charge in [-0.3, -0.25) is 33.6 Å². The van der Waals surface area contributed by atoms with Crippen LogP contribution in [0.4, 0.5) is 0 Å². The molecule has 0 aromatic carbocycles. The highest BCUT2D eigenvalue weighted by atomic mass is 16.5. The molecule has 0 aromatic heterocycles. The number of hydrogen-bond acceptors (Lipinski definition) is 9. The number of carbonyl (C=O) groups excluding carboxylic acids is 6. The van der Waals surface area contributed by atoms with Crippen LogP contribution in [0.1, 0.15) is 114 Å². The molecule has 0 fully saturated rings. The number of amides is 6. The summed E-state index contributed by atoms with van der Waals surface area (Å²) in [6.45, 7) is 24.4. The van der Waals surface area contributed by atoms with Crippen molar-refractivity contribution in [3.63, 3.8) is 0 Å². The maximum Gasteiger partial charge on any atom is 0.305 e. The van der Waals surface area contributed by atoms with E-state index in [0.29, 0.717) is 12.8 Å². The number of carboxylic acids is 1. The molecule has 0 unspecified atom stereocenters. The molecule has 0 bridgehead atoms. The summed E-state index contributed by atoms with van der Waals surface area (Å²) in [6.07, 6.45) is 3.45. The van der Waals surface area contributed by atoms with E-state index in [2.05, 4.69) is 45.1 Å². The lowest BCUT2D eigenvalue weighted by atomic mass is 9.97. The van der Waals surface area contributed by atoms with Crippen molar-refractivity contribution >= 4 is 41.4 Å². The molecule has 16 heteroatoms. The van der Waals surface area contributed by atoms with E-state index < -0.39 is 48.0 Å². The fourth-order valence-corrected chi connectivity index (χ4v) is 6.28. The Balaban J connectivity index is 5.69. The summed E-state index contributed by atoms with van der Waals surface area (Å²) in [7, 11) is 0. The van der Waals surface area contributed by atoms with Crippen molar-refractivity contribution in [1.82, 2.24) is 31.9 Å². The smallest absolute Gasteiger partial charge is 0.305 e. The monoisotopic (exact) mass is 823 g/mol. The first-order chi connectivity index (χ1) is 27.1. The summed E-state index contributed by atoms with van der Waals surface area (Å²) < 4.78 is 11.1. The number of carbonyl (C=O) groups is 7. The van der Waals surface area contributed by atoms with Crippen LogP contribution in [0, 0.1) is 23.7 Å². The summed E-state index contributed by atoms with van der Waals surface area (Å²) in [6, 6.07) is -3.49. The Bertz CT molecular complexity index is 1320. The maximum atomic E-state index is 13.5. The highest BCUT2D eigenvalue weighted by Gasteiger charge is 2.27. The first-order valence-corrected chi connectivity index (χ1v) is 20.5. The van der Waals surface area contributed by atoms with Gasteiger partial charge in [-0.15, -0.1) is 13.2 Å². The van der Waals surface area contributed by atoms with Crippen LogP contribution >= 0.6 is 0 Å². The maximum absolute atomic E-state index is 13.5. The minimum Gasteiger partial charge on any atom is -0.481 e. The third-order valence-electron chi connectivity index (χ3n) is 8.95. The fourth-order valence-electron chi connectivity index (χ4n) is 6.28. The zero-order valence-electron chi connectivity index (χ0n) is 36.4. The average molecular weight is 823 g/mol. The SMILES string of the molecule is C=CCOC[C@@H](CC(=O)N[C@@H](CC(=O)N[C@H](CC(=O)N[C@@H](COCC=C)CC(=O)N[C@@H](CC(=O)O)CC(C)C)C(C)C)CC(C)C)NC(=O)C[C@@H](NC(C)=O)C(C)C. The Hall–Kier alpha value is -4.31. The van der Waals surface area contributed by atoms with Crippen LogP contribution in [0.5, 0.6) is 0 Å². The van der Waals surface area contributed by atoms with Gasteiger partial charge in [0, 0.05) is 63.2 Å². The molecule has 0 saturated heterocycles. The van der Waals surface area contributed by atoms with Crippen molar-refractivity contribution in [2.24, 2.45) is 23.7 Å². The lowest BCUT2D eigenvalue weighted by Crippen LogP contribution is -2.49. The molecule has 6 amide bonds. The highest BCUT2D eigenvalue weighted by Crippen LogP contribution is 2.14. The highest BCUT2D eigenvalue weighted by molar-refractivity contribution is 5.83. The first-order valence-electron chi connectivity index (χ1n) is 20.5. The third kappa shape index (κ3) is 27.3. The fraction of sp³-hybridized carbons (Fsp3) is 0.738. The van der Waals surface area contributed by atoms with Gasteiger partial charge in [-0.25, -0.2) is 0 Å². The molecule has 7 N–H and O–H groups in total. The molecule has 0 rings (SSSR count). The Morgan fingerprint density at radius 2 is 0.828 bits per heavy atom. The Morgan fingerprint density at radius 1 is 0.500 bits per heavy atom. The van der Waals surface area contributed by atoms with Gasteiger partial charge in [0.2, 0.25) is 35.4 Å². The predicted molar refractivity (Wildman–Crippen MR) is 223 cm³/mol. The van der Waals surface area contributed by atoms with Gasteiger partial charge in [-0.2, -0.15) is 0 Å². The second kappa shape index (κ2) is 29.8. The lowest BCUT2D eigenvalue weighted by Gasteiger charge is -2.27. The van der Waals surface area contributed by atoms with E-state index in [1.807, 2.05) is 55.4 Å². The molecule has 16 nitrogen and oxygen atoms in total. The number of ether oxygens (including phenoxy) is 2. The Labute approximate surface area is 346 Å². The zero-order chi connectivity index (χ0) is 44.4. The number of hydrogen-bond donors (Lipinski definition) is 7. The molecule has 0 spiro atoms. The van der Waals surface area contributed by atoms with Crippen LogP contribution in [-0.2, 0) is 43.0 Å². The topological polar surface area (TPSA) is 230 Å². The molecule has 0 aliphatic heterocycles. The van der Waals surface area contributed by atoms with Gasteiger partial charge in [0.15, 0.2) is 0 Å². The van der Waals surface area contributed by atoms with Crippen LogP contribution in [-0.4, -0.2) is 109 Å². The van der Waals surface area contributed by atoms with Gasteiger partial charge >= 0.3 is 5.97 Å². The summed E-state index contributed by atoms with van der Waals surface area (Å²) in [4.78, 5) is 89.1. The van der Waals surface area contributed by atoms with E-state index in [-0.39, 0.29) is 118 Å². The second-order valence-corrected chi connectivity index (χ2v) is 16.6. The summed E-state index contributed by atoms with van der Waals surface area (Å²) in [5.41, 5.74) is 0. The normalized spacial score (nSPS) is 14.4. The minimum atomic E-state index is -1.03. The summed E-state index contributed by atoms with van der Waals surface area (Å²) >= 11 is 0. The minimum absolute atomic E-state index is 0.000946. The second-order valence-electron chi connectivity index (χ2n) is 16.6. The van der Waals surface area contributed by atoms with E-state index >= 15 is 0 Å². The standard InChI is InChI=1S/C42H74N6O10/c1-12-14-57-24-33(46-40(53)22-35(28(7)8)43-30(11)49)19-37(50)44-31(16-26(3)4)18-39(52)48-36(29(9)10)23-41(54)47-34(25-58-15-13-2)20-38(51)45-32(17-27(5)6)21-42(55)56/h12-13,26-29,31-36H,1-2,14-25H2,3-11H3,(H,43,49)(H,44,50)(H,45,51)(H,46,53)(H,47,54)(H,48,52)(H,55,56)/t31-,32-,33-,34-,35-,36-/m1/s1. The lowest BCUT2D eigenvalue weighted by molar-refractivity contribution is -0.138. The molecule has 0 radical (unpaired) electrons. The van der Waals surface area contributed by atoms with Crippen molar-refractivity contribution in [3.8, 4) is 0 Å². The predicted octanol–water partition coefficient (Wildman–Crippen LogP) is 3.15. The molecule has 0 aromatic rings. The van der Waals surface area contributed by atoms with E-state index in [0.717, 1.165) is 0 Å². The molecule has 6 atom stereocenters. The zero-order valence-corrected chi connectivity index (χ0v) is 36.4. The van der Waals surface area contributed by atoms with Gasteiger partial charge in [0.25, 0.3) is 0 Å². The average Bonchev–Trinajstić information content (AvgIpc) is 3.06. The molecule has 58 heavy (non-hydrogen) atoms. The summed E-state index contributed by atoms with van der Waals surface area (Å²) in [5.74, 6) is -3.09. The number of nitrogens with one attached hydrogen (secondary N) is 6. The molecule has 0 aliphatic rings. The van der Waals surface area contributed by atoms with Crippen LogP contribution in [0.3, 0.4) is 0 Å². The molecular formula is C42H74N6O10. The van der Waals surface area contributed by atoms with Crippen LogP contribution in [0.2, 0.25) is 0 Å². The molecule has 332 valence electrons. The molecule has 0 aliphatic carbocycles. The number of aliphatic carboxylic acids is 1. The van der Waals surface area contributed by atoms with E-state index in [1.54, 1.807) is 12.2 Å². The number of carboxylic acid groups (broad SMARTS) is 1. The molecule has 0 saturated carbocycles. The quantitative estimate of drug-likeness (QED) is 0.0387. The van der Waals surface area contributed by atoms with Crippen molar-refractivity contribution in [2.75, 3.05) is 26.4 Å². The van der Waals surface area contributed by atoms with E-state index in [4.69, 9.17) is 9.47 Å². The van der Waals surface area contributed by atoms with Gasteiger partial charge in [0.05, 0.1) is 44.9 Å². The van der Waals surface area contributed by atoms with Crippen molar-refractivity contribution in [1.29, 1.82) is 0 Å². The van der Waals surface area contributed by atoms with E-state index in [9.17, 15) is 38.7 Å². The van der Waals surface area contributed by atoms with Gasteiger partial charge in [-0.1, -0.05) is 67.5 Å². The molecule has 0 heterocycles. The van der Waals surface area contributed by atoms with Gasteiger partial charge in [0.1, 0.15) is 0 Å².